The summed E-state index contributed by atoms with van der Waals surface area (Å²) in [5.41, 5.74) is 0.493. The normalized spacial score (nSPS) is 10.2. The first-order chi connectivity index (χ1) is 9.72. The van der Waals surface area contributed by atoms with Gasteiger partial charge in [0, 0.05) is 5.57 Å². The quantitative estimate of drug-likeness (QED) is 0.180. The van der Waals surface area contributed by atoms with E-state index in [0.29, 0.717) is 18.6 Å². The minimum absolute atomic E-state index is 0.277. The van der Waals surface area contributed by atoms with E-state index in [9.17, 15) is 4.79 Å². The van der Waals surface area contributed by atoms with E-state index >= 15 is 0 Å². The van der Waals surface area contributed by atoms with Crippen molar-refractivity contribution in [3.8, 4) is 0 Å². The molecule has 2 nitrogen and oxygen atoms in total. The summed E-state index contributed by atoms with van der Waals surface area (Å²) in [6, 6.07) is 0. The van der Waals surface area contributed by atoms with Crippen LogP contribution in [-0.2, 0) is 9.53 Å². The van der Waals surface area contributed by atoms with Gasteiger partial charge in [-0.2, -0.15) is 0 Å². The van der Waals surface area contributed by atoms with Gasteiger partial charge in [-0.15, -0.1) is 6.58 Å². The number of ether oxygens (including phenoxy) is 1. The summed E-state index contributed by atoms with van der Waals surface area (Å²) in [5.74, 6) is -0.277. The number of hydrogen-bond donors (Lipinski definition) is 0. The zero-order valence-corrected chi connectivity index (χ0v) is 13.3. The Morgan fingerprint density at radius 1 is 0.950 bits per heavy atom. The minimum Gasteiger partial charge on any atom is -0.462 e. The fraction of sp³-hybridized carbons (Fsp3) is 0.722. The first-order valence-electron chi connectivity index (χ1n) is 8.18. The summed E-state index contributed by atoms with van der Waals surface area (Å²) < 4.78 is 5.14. The van der Waals surface area contributed by atoms with Gasteiger partial charge in [-0.1, -0.05) is 77.4 Å². The van der Waals surface area contributed by atoms with Gasteiger partial charge in [0.1, 0.15) is 0 Å². The Hall–Kier alpha value is -1.05. The zero-order valence-electron chi connectivity index (χ0n) is 13.3. The number of esters is 1. The maximum Gasteiger partial charge on any atom is 0.333 e. The van der Waals surface area contributed by atoms with Gasteiger partial charge in [-0.05, 0) is 12.8 Å². The van der Waals surface area contributed by atoms with E-state index < -0.39 is 0 Å². The maximum absolute atomic E-state index is 11.4. The molecule has 0 saturated heterocycles. The third kappa shape index (κ3) is 12.0. The average molecular weight is 280 g/mol. The Morgan fingerprint density at radius 3 is 1.95 bits per heavy atom. The lowest BCUT2D eigenvalue weighted by Crippen LogP contribution is -2.07. The molecule has 0 unspecified atom stereocenters. The Labute approximate surface area is 125 Å². The molecule has 0 aliphatic carbocycles. The Balaban J connectivity index is 3.22. The molecule has 0 amide bonds. The lowest BCUT2D eigenvalue weighted by molar-refractivity contribution is -0.139. The number of allylic oxidation sites excluding steroid dienone is 1. The van der Waals surface area contributed by atoms with Crippen LogP contribution in [0.5, 0.6) is 0 Å². The molecule has 116 valence electrons. The second kappa shape index (κ2) is 14.4. The van der Waals surface area contributed by atoms with Gasteiger partial charge < -0.3 is 4.74 Å². The van der Waals surface area contributed by atoms with Gasteiger partial charge in [-0.25, -0.2) is 4.79 Å². The molecule has 0 radical (unpaired) electrons. The summed E-state index contributed by atoms with van der Waals surface area (Å²) in [6.07, 6.45) is 15.0. The fourth-order valence-corrected chi connectivity index (χ4v) is 2.11. The molecule has 0 fully saturated rings. The number of hydrogen-bond acceptors (Lipinski definition) is 2. The van der Waals surface area contributed by atoms with Crippen molar-refractivity contribution in [3.05, 3.63) is 24.8 Å². The molecule has 2 heteroatoms. The van der Waals surface area contributed by atoms with Crippen molar-refractivity contribution >= 4 is 5.97 Å². The molecule has 0 aliphatic heterocycles. The topological polar surface area (TPSA) is 26.3 Å². The second-order valence-electron chi connectivity index (χ2n) is 5.41. The lowest BCUT2D eigenvalue weighted by Gasteiger charge is -2.05. The molecule has 20 heavy (non-hydrogen) atoms. The highest BCUT2D eigenvalue weighted by atomic mass is 16.5. The van der Waals surface area contributed by atoms with Crippen molar-refractivity contribution in [2.75, 3.05) is 6.61 Å². The van der Waals surface area contributed by atoms with Crippen molar-refractivity contribution in [1.82, 2.24) is 0 Å². The summed E-state index contributed by atoms with van der Waals surface area (Å²) in [6.45, 7) is 10.0. The molecule has 0 N–H and O–H groups in total. The van der Waals surface area contributed by atoms with Crippen LogP contribution >= 0.6 is 0 Å². The van der Waals surface area contributed by atoms with Gasteiger partial charge in [0.25, 0.3) is 0 Å². The van der Waals surface area contributed by atoms with Crippen LogP contribution in [0.25, 0.3) is 0 Å². The maximum atomic E-state index is 11.4. The van der Waals surface area contributed by atoms with Crippen LogP contribution in [0.4, 0.5) is 0 Å². The Bertz CT molecular complexity index is 269. The molecule has 0 bridgehead atoms. The van der Waals surface area contributed by atoms with E-state index in [1.54, 1.807) is 6.08 Å². The number of carbonyl (C=O) groups excluding carboxylic acids is 1. The van der Waals surface area contributed by atoms with E-state index in [1.165, 1.54) is 51.4 Å². The number of unbranched alkanes of at least 4 members (excludes halogenated alkanes) is 9. The third-order valence-corrected chi connectivity index (χ3v) is 3.41. The molecule has 0 aromatic heterocycles. The minimum atomic E-state index is -0.277. The van der Waals surface area contributed by atoms with E-state index in [4.69, 9.17) is 4.74 Å². The van der Waals surface area contributed by atoms with Gasteiger partial charge in [0.05, 0.1) is 6.61 Å². The largest absolute Gasteiger partial charge is 0.462 e. The molecule has 0 atom stereocenters. The van der Waals surface area contributed by atoms with Crippen molar-refractivity contribution in [1.29, 1.82) is 0 Å². The van der Waals surface area contributed by atoms with Crippen molar-refractivity contribution in [2.45, 2.75) is 77.6 Å². The summed E-state index contributed by atoms with van der Waals surface area (Å²) >= 11 is 0. The van der Waals surface area contributed by atoms with Crippen molar-refractivity contribution in [3.63, 3.8) is 0 Å². The second-order valence-corrected chi connectivity index (χ2v) is 5.41. The van der Waals surface area contributed by atoms with Crippen LogP contribution in [-0.4, -0.2) is 12.6 Å². The van der Waals surface area contributed by atoms with Crippen LogP contribution in [0, 0.1) is 0 Å². The van der Waals surface area contributed by atoms with E-state index in [2.05, 4.69) is 20.1 Å². The smallest absolute Gasteiger partial charge is 0.333 e. The van der Waals surface area contributed by atoms with Gasteiger partial charge in [0.15, 0.2) is 0 Å². The standard InChI is InChI=1S/C18H32O2/c1-4-6-7-8-9-10-11-12-13-14-16-20-18(19)17(3)15-5-2/h5H,2-4,6-16H2,1H3. The van der Waals surface area contributed by atoms with E-state index in [0.717, 1.165) is 12.8 Å². The molecular formula is C18H32O2. The summed E-state index contributed by atoms with van der Waals surface area (Å²) in [5, 5.41) is 0. The van der Waals surface area contributed by atoms with E-state index in [1.807, 2.05) is 0 Å². The monoisotopic (exact) mass is 280 g/mol. The number of rotatable bonds is 14. The van der Waals surface area contributed by atoms with Crippen LogP contribution in [0.1, 0.15) is 77.6 Å². The molecule has 0 aromatic carbocycles. The van der Waals surface area contributed by atoms with Crippen LogP contribution in [0.15, 0.2) is 24.8 Å². The van der Waals surface area contributed by atoms with Gasteiger partial charge in [-0.3, -0.25) is 0 Å². The average Bonchev–Trinajstić information content (AvgIpc) is 2.44. The summed E-state index contributed by atoms with van der Waals surface area (Å²) in [4.78, 5) is 11.4. The van der Waals surface area contributed by atoms with Crippen LogP contribution in [0.3, 0.4) is 0 Å². The Kier molecular flexibility index (Phi) is 13.6. The Morgan fingerprint density at radius 2 is 1.45 bits per heavy atom. The van der Waals surface area contributed by atoms with Crippen LogP contribution < -0.4 is 0 Å². The molecule has 0 spiro atoms. The highest BCUT2D eigenvalue weighted by Crippen LogP contribution is 2.10. The molecular weight excluding hydrogens is 248 g/mol. The lowest BCUT2D eigenvalue weighted by atomic mass is 10.1. The SMILES string of the molecule is C=CCC(=C)C(=O)OCCCCCCCCCCCC. The van der Waals surface area contributed by atoms with E-state index in [-0.39, 0.29) is 5.97 Å². The molecule has 0 aromatic rings. The molecule has 0 aliphatic rings. The first kappa shape index (κ1) is 18.9. The fourth-order valence-electron chi connectivity index (χ4n) is 2.11. The molecule has 0 heterocycles. The van der Waals surface area contributed by atoms with Crippen molar-refractivity contribution < 1.29 is 9.53 Å². The highest BCUT2D eigenvalue weighted by molar-refractivity contribution is 5.87. The van der Waals surface area contributed by atoms with Crippen LogP contribution in [0.2, 0.25) is 0 Å². The third-order valence-electron chi connectivity index (χ3n) is 3.41. The van der Waals surface area contributed by atoms with Gasteiger partial charge >= 0.3 is 5.97 Å². The first-order valence-corrected chi connectivity index (χ1v) is 8.18. The number of carbonyl (C=O) groups is 1. The van der Waals surface area contributed by atoms with Crippen molar-refractivity contribution in [2.24, 2.45) is 0 Å². The zero-order chi connectivity index (χ0) is 15.1. The molecule has 0 rings (SSSR count). The highest BCUT2D eigenvalue weighted by Gasteiger charge is 2.05. The molecule has 0 saturated carbocycles. The predicted molar refractivity (Wildman–Crippen MR) is 86.8 cm³/mol. The predicted octanol–water partition coefficient (Wildman–Crippen LogP) is 5.58. The summed E-state index contributed by atoms with van der Waals surface area (Å²) in [7, 11) is 0. The van der Waals surface area contributed by atoms with Gasteiger partial charge in [0.2, 0.25) is 0 Å².